The van der Waals surface area contributed by atoms with Crippen LogP contribution in [0.25, 0.3) is 16.3 Å². The maximum Gasteiger partial charge on any atom is 0.159 e. The molecule has 0 radical (unpaired) electrons. The zero-order valence-electron chi connectivity index (χ0n) is 12.0. The molecule has 21 heavy (non-hydrogen) atoms. The lowest BCUT2D eigenvalue weighted by Crippen LogP contribution is -2.26. The van der Waals surface area contributed by atoms with Crippen molar-refractivity contribution in [1.29, 1.82) is 0 Å². The Kier molecular flexibility index (Phi) is 2.77. The molecule has 2 aliphatic heterocycles. The van der Waals surface area contributed by atoms with Crippen LogP contribution in [0.3, 0.4) is 0 Å². The molecule has 2 aromatic carbocycles. The Bertz CT molecular complexity index is 862. The Balaban J connectivity index is 1.91. The quantitative estimate of drug-likeness (QED) is 0.800. The monoisotopic (exact) mass is 298 g/mol. The smallest absolute Gasteiger partial charge is 0.159 e. The zero-order valence-corrected chi connectivity index (χ0v) is 12.9. The van der Waals surface area contributed by atoms with Crippen LogP contribution in [-0.4, -0.2) is 18.9 Å². The van der Waals surface area contributed by atoms with Crippen molar-refractivity contribution < 1.29 is 8.42 Å². The van der Waals surface area contributed by atoms with Crippen molar-refractivity contribution in [1.82, 2.24) is 0 Å². The molecule has 1 fully saturated rings. The van der Waals surface area contributed by atoms with E-state index in [-0.39, 0.29) is 10.5 Å². The third-order valence-electron chi connectivity index (χ3n) is 4.98. The molecule has 0 spiro atoms. The Morgan fingerprint density at radius 1 is 1.00 bits per heavy atom. The second kappa shape index (κ2) is 4.44. The third-order valence-corrected chi connectivity index (χ3v) is 7.53. The maximum absolute atomic E-state index is 12.2. The molecule has 4 rings (SSSR count). The minimum atomic E-state index is -2.91. The molecule has 0 aromatic heterocycles. The molecule has 2 aliphatic rings. The first-order valence-electron chi connectivity index (χ1n) is 7.49. The van der Waals surface area contributed by atoms with Gasteiger partial charge in [-0.1, -0.05) is 42.5 Å². The highest BCUT2D eigenvalue weighted by atomic mass is 32.2. The van der Waals surface area contributed by atoms with Gasteiger partial charge in [0.2, 0.25) is 0 Å². The van der Waals surface area contributed by atoms with E-state index < -0.39 is 9.84 Å². The lowest BCUT2D eigenvalue weighted by atomic mass is 9.93. The average Bonchev–Trinajstić information content (AvgIpc) is 2.68. The summed E-state index contributed by atoms with van der Waals surface area (Å²) < 4.78 is 24.5. The Morgan fingerprint density at radius 2 is 1.76 bits per heavy atom. The minimum Gasteiger partial charge on any atom is -0.228 e. The lowest BCUT2D eigenvalue weighted by Gasteiger charge is -2.22. The standard InChI is InChI=1S/C18H18O2S/c1-12-6-9-17(18-5-3-2-4-16(12)18)13-10-14-7-8-15(11-13)21(14,19)20/h2-6,9-10,14-15H,7-8,11H2,1H3. The SMILES string of the molecule is Cc1ccc(C2=CC3CCC(C2)S3(=O)=O)c2ccccc12. The molecule has 0 N–H and O–H groups in total. The fraction of sp³-hybridized carbons (Fsp3) is 0.333. The van der Waals surface area contributed by atoms with Crippen molar-refractivity contribution in [2.75, 3.05) is 0 Å². The van der Waals surface area contributed by atoms with Crippen molar-refractivity contribution in [3.05, 3.63) is 53.6 Å². The molecule has 0 amide bonds. The van der Waals surface area contributed by atoms with Crippen LogP contribution >= 0.6 is 0 Å². The van der Waals surface area contributed by atoms with E-state index in [1.807, 2.05) is 6.08 Å². The van der Waals surface area contributed by atoms with Crippen LogP contribution in [0.15, 0.2) is 42.5 Å². The van der Waals surface area contributed by atoms with Gasteiger partial charge in [-0.15, -0.1) is 0 Å². The van der Waals surface area contributed by atoms with Gasteiger partial charge in [0.25, 0.3) is 0 Å². The first-order valence-corrected chi connectivity index (χ1v) is 9.10. The number of aryl methyl sites for hydroxylation is 1. The van der Waals surface area contributed by atoms with Crippen molar-refractivity contribution in [3.8, 4) is 0 Å². The zero-order chi connectivity index (χ0) is 14.6. The number of hydrogen-bond acceptors (Lipinski definition) is 2. The van der Waals surface area contributed by atoms with Gasteiger partial charge in [-0.2, -0.15) is 0 Å². The predicted octanol–water partition coefficient (Wildman–Crippen LogP) is 3.88. The van der Waals surface area contributed by atoms with Gasteiger partial charge >= 0.3 is 0 Å². The second-order valence-electron chi connectivity index (χ2n) is 6.20. The summed E-state index contributed by atoms with van der Waals surface area (Å²) in [4.78, 5) is 0. The number of hydrogen-bond donors (Lipinski definition) is 0. The van der Waals surface area contributed by atoms with E-state index in [0.29, 0.717) is 6.42 Å². The van der Waals surface area contributed by atoms with E-state index in [9.17, 15) is 8.42 Å². The third kappa shape index (κ3) is 1.87. The predicted molar refractivity (Wildman–Crippen MR) is 87.0 cm³/mol. The number of rotatable bonds is 1. The van der Waals surface area contributed by atoms with Crippen LogP contribution in [0.4, 0.5) is 0 Å². The van der Waals surface area contributed by atoms with Crippen LogP contribution in [0, 0.1) is 6.92 Å². The Hall–Kier alpha value is -1.61. The summed E-state index contributed by atoms with van der Waals surface area (Å²) in [6.07, 6.45) is 4.29. The van der Waals surface area contributed by atoms with Gasteiger partial charge in [0.1, 0.15) is 0 Å². The van der Waals surface area contributed by atoms with E-state index in [1.54, 1.807) is 0 Å². The molecule has 1 saturated heterocycles. The molecule has 2 heterocycles. The second-order valence-corrected chi connectivity index (χ2v) is 8.65. The molecule has 0 aliphatic carbocycles. The fourth-order valence-electron chi connectivity index (χ4n) is 3.79. The topological polar surface area (TPSA) is 34.1 Å². The van der Waals surface area contributed by atoms with E-state index in [1.165, 1.54) is 27.5 Å². The number of fused-ring (bicyclic) bond motifs is 3. The molecular formula is C18H18O2S. The van der Waals surface area contributed by atoms with E-state index in [0.717, 1.165) is 12.8 Å². The average molecular weight is 298 g/mol. The summed E-state index contributed by atoms with van der Waals surface area (Å²) in [7, 11) is -2.91. The number of sulfone groups is 1. The van der Waals surface area contributed by atoms with Crippen LogP contribution in [0.5, 0.6) is 0 Å². The highest BCUT2D eigenvalue weighted by molar-refractivity contribution is 7.93. The molecule has 2 unspecified atom stereocenters. The fourth-order valence-corrected chi connectivity index (χ4v) is 5.98. The first kappa shape index (κ1) is 13.1. The van der Waals surface area contributed by atoms with E-state index in [2.05, 4.69) is 43.3 Å². The molecule has 0 saturated carbocycles. The van der Waals surface area contributed by atoms with Crippen LogP contribution in [-0.2, 0) is 9.84 Å². The minimum absolute atomic E-state index is 0.164. The van der Waals surface area contributed by atoms with Crippen molar-refractivity contribution in [2.24, 2.45) is 0 Å². The van der Waals surface area contributed by atoms with Crippen LogP contribution < -0.4 is 0 Å². The Morgan fingerprint density at radius 3 is 2.52 bits per heavy atom. The first-order chi connectivity index (χ1) is 10.1. The van der Waals surface area contributed by atoms with E-state index in [4.69, 9.17) is 0 Å². The summed E-state index contributed by atoms with van der Waals surface area (Å²) in [6.45, 7) is 2.12. The van der Waals surface area contributed by atoms with Gasteiger partial charge in [0.15, 0.2) is 9.84 Å². The highest BCUT2D eigenvalue weighted by Crippen LogP contribution is 2.42. The van der Waals surface area contributed by atoms with Crippen LogP contribution in [0.1, 0.15) is 30.4 Å². The number of allylic oxidation sites excluding steroid dienone is 1. The van der Waals surface area contributed by atoms with Gasteiger partial charge < -0.3 is 0 Å². The largest absolute Gasteiger partial charge is 0.228 e. The summed E-state index contributed by atoms with van der Waals surface area (Å²) in [5.41, 5.74) is 3.69. The summed E-state index contributed by atoms with van der Waals surface area (Å²) >= 11 is 0. The molecule has 2 atom stereocenters. The van der Waals surface area contributed by atoms with Gasteiger partial charge in [-0.3, -0.25) is 0 Å². The van der Waals surface area contributed by atoms with E-state index >= 15 is 0 Å². The molecule has 2 bridgehead atoms. The summed E-state index contributed by atoms with van der Waals surface area (Å²) in [5.74, 6) is 0. The van der Waals surface area contributed by atoms with Crippen molar-refractivity contribution in [2.45, 2.75) is 36.7 Å². The van der Waals surface area contributed by atoms with Crippen molar-refractivity contribution >= 4 is 26.2 Å². The highest BCUT2D eigenvalue weighted by Gasteiger charge is 2.43. The van der Waals surface area contributed by atoms with Gasteiger partial charge in [0, 0.05) is 0 Å². The Labute approximate surface area is 125 Å². The van der Waals surface area contributed by atoms with Crippen molar-refractivity contribution in [3.63, 3.8) is 0 Å². The molecule has 3 heteroatoms. The molecule has 108 valence electrons. The number of benzene rings is 2. The van der Waals surface area contributed by atoms with Crippen LogP contribution in [0.2, 0.25) is 0 Å². The molecule has 2 nitrogen and oxygen atoms in total. The van der Waals surface area contributed by atoms with Gasteiger partial charge in [-0.25, -0.2) is 8.42 Å². The normalized spacial score (nSPS) is 26.8. The summed E-state index contributed by atoms with van der Waals surface area (Å²) in [5, 5.41) is 2.08. The lowest BCUT2D eigenvalue weighted by molar-refractivity contribution is 0.585. The maximum atomic E-state index is 12.2. The van der Waals surface area contributed by atoms with Gasteiger partial charge in [0.05, 0.1) is 10.5 Å². The summed E-state index contributed by atoms with van der Waals surface area (Å²) in [6, 6.07) is 12.7. The molecule has 2 aromatic rings. The molecular weight excluding hydrogens is 280 g/mol. The van der Waals surface area contributed by atoms with Gasteiger partial charge in [-0.05, 0) is 53.7 Å².